The number of hydrogen-bond donors (Lipinski definition) is 1. The van der Waals surface area contributed by atoms with Crippen LogP contribution in [0.5, 0.6) is 5.75 Å². The predicted molar refractivity (Wildman–Crippen MR) is 93.3 cm³/mol. The second-order valence-corrected chi connectivity index (χ2v) is 7.62. The van der Waals surface area contributed by atoms with Crippen molar-refractivity contribution in [2.75, 3.05) is 6.26 Å². The molecule has 0 fully saturated rings. The molecule has 128 valence electrons. The molecular weight excluding hydrogens is 326 g/mol. The molecular formula is C18H21NO4S. The lowest BCUT2D eigenvalue weighted by Crippen LogP contribution is -2.36. The highest BCUT2D eigenvalue weighted by atomic mass is 32.2. The molecule has 1 atom stereocenters. The number of carbonyl (C=O) groups excluding carboxylic acids is 1. The molecule has 0 aliphatic rings. The highest BCUT2D eigenvalue weighted by molar-refractivity contribution is 7.89. The Morgan fingerprint density at radius 1 is 1.00 bits per heavy atom. The van der Waals surface area contributed by atoms with E-state index in [2.05, 4.69) is 13.8 Å². The Balaban J connectivity index is 2.33. The van der Waals surface area contributed by atoms with Crippen LogP contribution >= 0.6 is 0 Å². The van der Waals surface area contributed by atoms with Crippen molar-refractivity contribution < 1.29 is 17.9 Å². The summed E-state index contributed by atoms with van der Waals surface area (Å²) in [5.74, 6) is 0.103. The number of hydrogen-bond acceptors (Lipinski definition) is 4. The van der Waals surface area contributed by atoms with Crippen LogP contribution in [0.4, 0.5) is 0 Å². The van der Waals surface area contributed by atoms with Crippen molar-refractivity contribution in [1.82, 2.24) is 4.72 Å². The van der Waals surface area contributed by atoms with Crippen LogP contribution in [0.1, 0.15) is 37.0 Å². The van der Waals surface area contributed by atoms with Crippen molar-refractivity contribution in [2.24, 2.45) is 0 Å². The molecule has 24 heavy (non-hydrogen) atoms. The van der Waals surface area contributed by atoms with E-state index >= 15 is 0 Å². The Hall–Kier alpha value is -2.34. The monoisotopic (exact) mass is 347 g/mol. The number of ether oxygens (including phenoxy) is 1. The molecule has 1 N–H and O–H groups in total. The summed E-state index contributed by atoms with van der Waals surface area (Å²) < 4.78 is 30.6. The zero-order chi connectivity index (χ0) is 17.7. The molecule has 1 amide bonds. The normalized spacial score (nSPS) is 12.7. The summed E-state index contributed by atoms with van der Waals surface area (Å²) in [4.78, 5) is 12.4. The maximum Gasteiger partial charge on any atom is 0.279 e. The molecule has 5 nitrogen and oxygen atoms in total. The van der Waals surface area contributed by atoms with Gasteiger partial charge in [0.1, 0.15) is 5.75 Å². The summed E-state index contributed by atoms with van der Waals surface area (Å²) in [6.07, 6.45) is -0.116. The lowest BCUT2D eigenvalue weighted by atomic mass is 10.0. The lowest BCUT2D eigenvalue weighted by molar-refractivity contribution is -0.126. The van der Waals surface area contributed by atoms with Crippen LogP contribution < -0.4 is 9.46 Å². The van der Waals surface area contributed by atoms with E-state index < -0.39 is 22.0 Å². The molecule has 0 spiro atoms. The van der Waals surface area contributed by atoms with E-state index in [1.807, 2.05) is 29.0 Å². The number of nitrogens with one attached hydrogen (secondary N) is 1. The maximum atomic E-state index is 12.4. The van der Waals surface area contributed by atoms with Gasteiger partial charge in [-0.3, -0.25) is 4.79 Å². The molecule has 2 aromatic carbocycles. The SMILES string of the molecule is CC(C)c1cccc(OC(C(=O)NS(C)(=O)=O)c2ccccc2)c1. The molecule has 0 saturated heterocycles. The number of sulfonamides is 1. The quantitative estimate of drug-likeness (QED) is 0.872. The third-order valence-electron chi connectivity index (χ3n) is 3.41. The number of carbonyl (C=O) groups is 1. The highest BCUT2D eigenvalue weighted by Crippen LogP contribution is 2.25. The fourth-order valence-corrected chi connectivity index (χ4v) is 2.69. The Labute approximate surface area is 142 Å². The van der Waals surface area contributed by atoms with Crippen molar-refractivity contribution in [1.29, 1.82) is 0 Å². The minimum atomic E-state index is -3.67. The van der Waals surface area contributed by atoms with Crippen molar-refractivity contribution in [3.63, 3.8) is 0 Å². The first kappa shape index (κ1) is 18.0. The second-order valence-electron chi connectivity index (χ2n) is 5.87. The average Bonchev–Trinajstić information content (AvgIpc) is 2.52. The first-order chi connectivity index (χ1) is 11.3. The van der Waals surface area contributed by atoms with Crippen LogP contribution in [0, 0.1) is 0 Å². The summed E-state index contributed by atoms with van der Waals surface area (Å²) in [6, 6.07) is 16.2. The van der Waals surface area contributed by atoms with Gasteiger partial charge in [-0.1, -0.05) is 56.3 Å². The minimum absolute atomic E-state index is 0.313. The van der Waals surface area contributed by atoms with Gasteiger partial charge in [0, 0.05) is 5.56 Å². The van der Waals surface area contributed by atoms with Crippen LogP contribution in [-0.2, 0) is 14.8 Å². The van der Waals surface area contributed by atoms with E-state index in [1.54, 1.807) is 30.3 Å². The average molecular weight is 347 g/mol. The summed E-state index contributed by atoms with van der Waals surface area (Å²) >= 11 is 0. The molecule has 0 bridgehead atoms. The molecule has 0 aromatic heterocycles. The van der Waals surface area contributed by atoms with Crippen LogP contribution in [0.3, 0.4) is 0 Å². The van der Waals surface area contributed by atoms with E-state index in [1.165, 1.54) is 0 Å². The number of benzene rings is 2. The van der Waals surface area contributed by atoms with Gasteiger partial charge in [0.2, 0.25) is 16.1 Å². The Bertz CT molecular complexity index is 801. The first-order valence-corrected chi connectivity index (χ1v) is 9.48. The molecule has 2 aromatic rings. The second kappa shape index (κ2) is 7.49. The van der Waals surface area contributed by atoms with E-state index in [9.17, 15) is 13.2 Å². The molecule has 0 aliphatic heterocycles. The van der Waals surface area contributed by atoms with E-state index in [0.29, 0.717) is 17.2 Å². The smallest absolute Gasteiger partial charge is 0.279 e. The predicted octanol–water partition coefficient (Wildman–Crippen LogP) is 3.01. The van der Waals surface area contributed by atoms with E-state index in [-0.39, 0.29) is 0 Å². The molecule has 6 heteroatoms. The maximum absolute atomic E-state index is 12.4. The summed E-state index contributed by atoms with van der Waals surface area (Å²) in [7, 11) is -3.67. The van der Waals surface area contributed by atoms with E-state index in [4.69, 9.17) is 4.74 Å². The summed E-state index contributed by atoms with van der Waals surface area (Å²) in [6.45, 7) is 4.12. The van der Waals surface area contributed by atoms with Gasteiger partial charge in [-0.15, -0.1) is 0 Å². The zero-order valence-electron chi connectivity index (χ0n) is 13.9. The largest absolute Gasteiger partial charge is 0.476 e. The van der Waals surface area contributed by atoms with E-state index in [0.717, 1.165) is 11.8 Å². The first-order valence-electron chi connectivity index (χ1n) is 7.59. The lowest BCUT2D eigenvalue weighted by Gasteiger charge is -2.19. The van der Waals surface area contributed by atoms with Crippen molar-refractivity contribution in [3.8, 4) is 5.75 Å². The highest BCUT2D eigenvalue weighted by Gasteiger charge is 2.25. The molecule has 1 unspecified atom stereocenters. The molecule has 0 radical (unpaired) electrons. The number of rotatable bonds is 6. The topological polar surface area (TPSA) is 72.5 Å². The van der Waals surface area contributed by atoms with Crippen molar-refractivity contribution >= 4 is 15.9 Å². The van der Waals surface area contributed by atoms with Gasteiger partial charge in [-0.25, -0.2) is 13.1 Å². The van der Waals surface area contributed by atoms with Crippen LogP contribution in [0.2, 0.25) is 0 Å². The fraction of sp³-hybridized carbons (Fsp3) is 0.278. The van der Waals surface area contributed by atoms with Gasteiger partial charge >= 0.3 is 0 Å². The molecule has 0 aliphatic carbocycles. The van der Waals surface area contributed by atoms with Gasteiger partial charge in [0.15, 0.2) is 0 Å². The zero-order valence-corrected chi connectivity index (χ0v) is 14.7. The summed E-state index contributed by atoms with van der Waals surface area (Å²) in [5, 5.41) is 0. The Morgan fingerprint density at radius 3 is 2.21 bits per heavy atom. The Morgan fingerprint density at radius 2 is 1.62 bits per heavy atom. The molecule has 2 rings (SSSR count). The van der Waals surface area contributed by atoms with Gasteiger partial charge < -0.3 is 4.74 Å². The van der Waals surface area contributed by atoms with Crippen LogP contribution in [0.25, 0.3) is 0 Å². The van der Waals surface area contributed by atoms with Gasteiger partial charge in [-0.2, -0.15) is 0 Å². The number of amides is 1. The standard InChI is InChI=1S/C18H21NO4S/c1-13(2)15-10-7-11-16(12-15)23-17(14-8-5-4-6-9-14)18(20)19-24(3,21)22/h4-13,17H,1-3H3,(H,19,20). The Kier molecular flexibility index (Phi) is 5.62. The van der Waals surface area contributed by atoms with Gasteiger partial charge in [0.05, 0.1) is 6.26 Å². The minimum Gasteiger partial charge on any atom is -0.476 e. The third-order valence-corrected chi connectivity index (χ3v) is 3.98. The fourth-order valence-electron chi connectivity index (χ4n) is 2.22. The van der Waals surface area contributed by atoms with Crippen molar-refractivity contribution in [3.05, 3.63) is 65.7 Å². The molecule has 0 saturated carbocycles. The van der Waals surface area contributed by atoms with Gasteiger partial charge in [0.25, 0.3) is 5.91 Å². The molecule has 0 heterocycles. The van der Waals surface area contributed by atoms with Crippen molar-refractivity contribution in [2.45, 2.75) is 25.9 Å². The van der Waals surface area contributed by atoms with Gasteiger partial charge in [-0.05, 0) is 23.6 Å². The summed E-state index contributed by atoms with van der Waals surface area (Å²) in [5.41, 5.74) is 1.65. The van der Waals surface area contributed by atoms with Crippen LogP contribution in [-0.4, -0.2) is 20.6 Å². The van der Waals surface area contributed by atoms with Crippen LogP contribution in [0.15, 0.2) is 54.6 Å². The third kappa shape index (κ3) is 5.09.